The molecular formula is C16H20N2O6S2. The lowest BCUT2D eigenvalue weighted by atomic mass is 10.2. The van der Waals surface area contributed by atoms with E-state index in [0.29, 0.717) is 0 Å². The third kappa shape index (κ3) is 5.02. The molecule has 1 amide bonds. The Morgan fingerprint density at radius 1 is 1.38 bits per heavy atom. The van der Waals surface area contributed by atoms with Crippen LogP contribution in [0.3, 0.4) is 0 Å². The fourth-order valence-corrected chi connectivity index (χ4v) is 4.06. The lowest BCUT2D eigenvalue weighted by molar-refractivity contribution is 0.0328. The number of thiophene rings is 1. The first-order valence-electron chi connectivity index (χ1n) is 7.62. The van der Waals surface area contributed by atoms with Crippen LogP contribution in [0, 0.1) is 0 Å². The van der Waals surface area contributed by atoms with Crippen molar-refractivity contribution in [3.05, 3.63) is 46.2 Å². The second kappa shape index (κ2) is 9.10. The Bertz CT molecular complexity index is 836. The molecule has 1 aromatic carbocycles. The van der Waals surface area contributed by atoms with Gasteiger partial charge in [0.25, 0.3) is 5.91 Å². The van der Waals surface area contributed by atoms with Crippen molar-refractivity contribution in [3.63, 3.8) is 0 Å². The van der Waals surface area contributed by atoms with E-state index < -0.39 is 22.0 Å². The Hall–Kier alpha value is -1.98. The summed E-state index contributed by atoms with van der Waals surface area (Å²) in [5.74, 6) is -0.596. The average molecular weight is 400 g/mol. The number of benzene rings is 1. The molecular weight excluding hydrogens is 380 g/mol. The summed E-state index contributed by atoms with van der Waals surface area (Å²) in [7, 11) is -2.54. The summed E-state index contributed by atoms with van der Waals surface area (Å²) in [4.78, 5) is 12.2. The Labute approximate surface area is 155 Å². The van der Waals surface area contributed by atoms with Crippen molar-refractivity contribution in [2.45, 2.75) is 11.0 Å². The predicted octanol–water partition coefficient (Wildman–Crippen LogP) is 0.884. The van der Waals surface area contributed by atoms with Gasteiger partial charge in [0.05, 0.1) is 30.8 Å². The van der Waals surface area contributed by atoms with Crippen LogP contribution in [0.5, 0.6) is 5.75 Å². The minimum absolute atomic E-state index is 0.0262. The van der Waals surface area contributed by atoms with Gasteiger partial charge in [0.1, 0.15) is 11.9 Å². The third-order valence-corrected chi connectivity index (χ3v) is 5.86. The Balaban J connectivity index is 2.19. The highest BCUT2D eigenvalue weighted by atomic mass is 32.2. The largest absolute Gasteiger partial charge is 0.496 e. The number of aliphatic hydroxyl groups is 1. The fourth-order valence-electron chi connectivity index (χ4n) is 2.23. The molecule has 0 radical (unpaired) electrons. The maximum absolute atomic E-state index is 12.5. The van der Waals surface area contributed by atoms with Crippen LogP contribution >= 0.6 is 11.3 Å². The first-order chi connectivity index (χ1) is 12.4. The molecule has 26 heavy (non-hydrogen) atoms. The summed E-state index contributed by atoms with van der Waals surface area (Å²) in [6, 6.07) is 7.50. The van der Waals surface area contributed by atoms with E-state index in [1.807, 2.05) is 17.5 Å². The zero-order valence-electron chi connectivity index (χ0n) is 14.0. The Kier molecular flexibility index (Phi) is 7.12. The summed E-state index contributed by atoms with van der Waals surface area (Å²) in [6.45, 7) is -0.117. The highest BCUT2D eigenvalue weighted by Gasteiger charge is 2.21. The van der Waals surface area contributed by atoms with Crippen molar-refractivity contribution in [1.82, 2.24) is 4.72 Å². The molecule has 2 aromatic rings. The van der Waals surface area contributed by atoms with Gasteiger partial charge < -0.3 is 20.3 Å². The van der Waals surface area contributed by atoms with E-state index >= 15 is 0 Å². The van der Waals surface area contributed by atoms with Gasteiger partial charge in [0, 0.05) is 11.4 Å². The number of hydrogen-bond acceptors (Lipinski definition) is 7. The van der Waals surface area contributed by atoms with Gasteiger partial charge in [-0.1, -0.05) is 6.07 Å². The van der Waals surface area contributed by atoms with Crippen LogP contribution in [0.4, 0.5) is 0 Å². The highest BCUT2D eigenvalue weighted by molar-refractivity contribution is 7.89. The van der Waals surface area contributed by atoms with E-state index in [0.717, 1.165) is 10.9 Å². The third-order valence-electron chi connectivity index (χ3n) is 3.48. The van der Waals surface area contributed by atoms with E-state index in [1.165, 1.54) is 30.6 Å². The lowest BCUT2D eigenvalue weighted by Gasteiger charge is -2.17. The van der Waals surface area contributed by atoms with Crippen molar-refractivity contribution in [3.8, 4) is 5.75 Å². The SMILES string of the molecule is COc1ccc(S(=O)(=O)NC[C@H](OCCO)c2cccs2)cc1C(N)=O. The minimum atomic E-state index is -3.90. The second-order valence-electron chi connectivity index (χ2n) is 5.18. The molecule has 10 heteroatoms. The standard InChI is InChI=1S/C16H20N2O6S2/c1-23-13-5-4-11(9-12(13)16(17)20)26(21,22)18-10-14(24-7-6-19)15-3-2-8-25-15/h2-5,8-9,14,18-19H,6-7,10H2,1H3,(H2,17,20)/t14-/m0/s1. The molecule has 0 bridgehead atoms. The molecule has 4 N–H and O–H groups in total. The van der Waals surface area contributed by atoms with Gasteiger partial charge in [0.2, 0.25) is 10.0 Å². The van der Waals surface area contributed by atoms with Crippen LogP contribution in [0.1, 0.15) is 21.3 Å². The van der Waals surface area contributed by atoms with E-state index in [-0.39, 0.29) is 36.0 Å². The van der Waals surface area contributed by atoms with Gasteiger partial charge in [-0.2, -0.15) is 0 Å². The van der Waals surface area contributed by atoms with E-state index in [1.54, 1.807) is 0 Å². The van der Waals surface area contributed by atoms with Gasteiger partial charge in [-0.15, -0.1) is 11.3 Å². The molecule has 0 aliphatic heterocycles. The van der Waals surface area contributed by atoms with Crippen LogP contribution in [-0.2, 0) is 14.8 Å². The number of carbonyl (C=O) groups excluding carboxylic acids is 1. The fraction of sp³-hybridized carbons (Fsp3) is 0.312. The minimum Gasteiger partial charge on any atom is -0.496 e. The van der Waals surface area contributed by atoms with Crippen molar-refractivity contribution >= 4 is 27.3 Å². The molecule has 1 atom stereocenters. The van der Waals surface area contributed by atoms with Crippen LogP contribution in [0.2, 0.25) is 0 Å². The molecule has 0 saturated carbocycles. The first-order valence-corrected chi connectivity index (χ1v) is 9.98. The topological polar surface area (TPSA) is 128 Å². The normalized spacial score (nSPS) is 12.7. The molecule has 2 rings (SSSR count). The van der Waals surface area contributed by atoms with E-state index in [2.05, 4.69) is 4.72 Å². The summed E-state index contributed by atoms with van der Waals surface area (Å²) < 4.78 is 38.1. The zero-order valence-corrected chi connectivity index (χ0v) is 15.7. The number of nitrogens with one attached hydrogen (secondary N) is 1. The summed E-state index contributed by atoms with van der Waals surface area (Å²) >= 11 is 1.42. The molecule has 0 saturated heterocycles. The van der Waals surface area contributed by atoms with Crippen molar-refractivity contribution in [1.29, 1.82) is 0 Å². The Morgan fingerprint density at radius 2 is 2.15 bits per heavy atom. The molecule has 0 aliphatic rings. The number of hydrogen-bond donors (Lipinski definition) is 3. The molecule has 1 aromatic heterocycles. The van der Waals surface area contributed by atoms with Gasteiger partial charge in [-0.3, -0.25) is 4.79 Å². The number of carbonyl (C=O) groups is 1. The smallest absolute Gasteiger partial charge is 0.252 e. The Morgan fingerprint density at radius 3 is 2.73 bits per heavy atom. The molecule has 142 valence electrons. The molecule has 0 aliphatic carbocycles. The maximum atomic E-state index is 12.5. The number of nitrogens with two attached hydrogens (primary N) is 1. The number of sulfonamides is 1. The number of rotatable bonds is 10. The highest BCUT2D eigenvalue weighted by Crippen LogP contribution is 2.24. The van der Waals surface area contributed by atoms with Crippen molar-refractivity contribution in [2.24, 2.45) is 5.73 Å². The summed E-state index contributed by atoms with van der Waals surface area (Å²) in [5.41, 5.74) is 5.24. The van der Waals surface area contributed by atoms with Gasteiger partial charge in [-0.25, -0.2) is 13.1 Å². The maximum Gasteiger partial charge on any atom is 0.252 e. The number of amides is 1. The van der Waals surface area contributed by atoms with Crippen molar-refractivity contribution in [2.75, 3.05) is 26.9 Å². The second-order valence-corrected chi connectivity index (χ2v) is 7.92. The van der Waals surface area contributed by atoms with Gasteiger partial charge in [0.15, 0.2) is 0 Å². The van der Waals surface area contributed by atoms with E-state index in [9.17, 15) is 13.2 Å². The molecule has 0 fully saturated rings. The number of methoxy groups -OCH3 is 1. The van der Waals surface area contributed by atoms with Crippen LogP contribution < -0.4 is 15.2 Å². The molecule has 0 unspecified atom stereocenters. The van der Waals surface area contributed by atoms with Crippen LogP contribution in [0.15, 0.2) is 40.6 Å². The monoisotopic (exact) mass is 400 g/mol. The number of aliphatic hydroxyl groups excluding tert-OH is 1. The predicted molar refractivity (Wildman–Crippen MR) is 96.8 cm³/mol. The van der Waals surface area contributed by atoms with Gasteiger partial charge in [-0.05, 0) is 29.6 Å². The average Bonchev–Trinajstić information content (AvgIpc) is 3.15. The quantitative estimate of drug-likeness (QED) is 0.543. The molecule has 1 heterocycles. The van der Waals surface area contributed by atoms with Crippen molar-refractivity contribution < 1.29 is 27.8 Å². The number of primary amides is 1. The lowest BCUT2D eigenvalue weighted by Crippen LogP contribution is -2.30. The number of ether oxygens (including phenoxy) is 2. The summed E-state index contributed by atoms with van der Waals surface area (Å²) in [5, 5.41) is 10.8. The van der Waals surface area contributed by atoms with E-state index in [4.69, 9.17) is 20.3 Å². The van der Waals surface area contributed by atoms with Crippen LogP contribution in [0.25, 0.3) is 0 Å². The van der Waals surface area contributed by atoms with Gasteiger partial charge >= 0.3 is 0 Å². The first kappa shape index (κ1) is 20.3. The van der Waals surface area contributed by atoms with Crippen LogP contribution in [-0.4, -0.2) is 46.3 Å². The summed E-state index contributed by atoms with van der Waals surface area (Å²) in [6.07, 6.45) is -0.536. The molecule has 8 nitrogen and oxygen atoms in total. The molecule has 0 spiro atoms. The zero-order chi connectivity index (χ0) is 19.2.